The molecule has 0 aromatic heterocycles. The molecule has 0 unspecified atom stereocenters. The van der Waals surface area contributed by atoms with Crippen molar-refractivity contribution in [2.45, 2.75) is 51.1 Å². The second kappa shape index (κ2) is 11.8. The van der Waals surface area contributed by atoms with Crippen LogP contribution in [0.4, 0.5) is 5.69 Å². The smallest absolute Gasteiger partial charge is 0.244 e. The molecule has 1 N–H and O–H groups in total. The van der Waals surface area contributed by atoms with E-state index in [1.165, 1.54) is 4.90 Å². The molecule has 1 aliphatic carbocycles. The fourth-order valence-electron chi connectivity index (χ4n) is 4.21. The molecule has 0 bridgehead atoms. The van der Waals surface area contributed by atoms with Crippen molar-refractivity contribution in [1.82, 2.24) is 10.2 Å². The summed E-state index contributed by atoms with van der Waals surface area (Å²) < 4.78 is 26.9. The zero-order valence-electron chi connectivity index (χ0n) is 19.6. The van der Waals surface area contributed by atoms with Crippen molar-refractivity contribution < 1.29 is 18.0 Å². The van der Waals surface area contributed by atoms with E-state index in [9.17, 15) is 18.0 Å². The molecular formula is C25H32BrN3O4S. The van der Waals surface area contributed by atoms with Crippen LogP contribution in [0.1, 0.15) is 38.2 Å². The Kier molecular flexibility index (Phi) is 9.13. The monoisotopic (exact) mass is 549 g/mol. The van der Waals surface area contributed by atoms with Crippen LogP contribution >= 0.6 is 15.9 Å². The number of rotatable bonds is 10. The third-order valence-electron chi connectivity index (χ3n) is 6.15. The molecule has 2 amide bonds. The lowest BCUT2D eigenvalue weighted by atomic mass is 10.1. The number of halogens is 1. The van der Waals surface area contributed by atoms with Gasteiger partial charge >= 0.3 is 0 Å². The van der Waals surface area contributed by atoms with Gasteiger partial charge in [0.1, 0.15) is 12.6 Å². The highest BCUT2D eigenvalue weighted by Crippen LogP contribution is 2.28. The van der Waals surface area contributed by atoms with Crippen molar-refractivity contribution in [2.24, 2.45) is 0 Å². The van der Waals surface area contributed by atoms with Gasteiger partial charge in [0, 0.05) is 17.1 Å². The van der Waals surface area contributed by atoms with Crippen LogP contribution in [0.5, 0.6) is 0 Å². The maximum atomic E-state index is 13.5. The number of hydrogen-bond acceptors (Lipinski definition) is 4. The molecule has 34 heavy (non-hydrogen) atoms. The SMILES string of the molecule is C[C@@H](C(=O)NC1CCCC1)N(CCc1ccccc1)C(=O)CN(c1ccccc1Br)S(C)(=O)=O. The van der Waals surface area contributed by atoms with Crippen molar-refractivity contribution in [3.05, 3.63) is 64.6 Å². The topological polar surface area (TPSA) is 86.8 Å². The van der Waals surface area contributed by atoms with Gasteiger partial charge in [0.05, 0.1) is 11.9 Å². The molecule has 2 aromatic carbocycles. The van der Waals surface area contributed by atoms with Crippen molar-refractivity contribution in [3.8, 4) is 0 Å². The normalized spacial score (nSPS) is 15.0. The van der Waals surface area contributed by atoms with Gasteiger partial charge in [-0.1, -0.05) is 55.3 Å². The zero-order chi connectivity index (χ0) is 24.7. The van der Waals surface area contributed by atoms with Crippen LogP contribution in [-0.4, -0.2) is 56.6 Å². The first-order chi connectivity index (χ1) is 16.2. The minimum Gasteiger partial charge on any atom is -0.352 e. The van der Waals surface area contributed by atoms with E-state index >= 15 is 0 Å². The average Bonchev–Trinajstić information content (AvgIpc) is 3.31. The van der Waals surface area contributed by atoms with E-state index in [2.05, 4.69) is 21.2 Å². The fourth-order valence-corrected chi connectivity index (χ4v) is 5.69. The molecule has 1 fully saturated rings. The van der Waals surface area contributed by atoms with Crippen molar-refractivity contribution in [3.63, 3.8) is 0 Å². The summed E-state index contributed by atoms with van der Waals surface area (Å²) in [5, 5.41) is 3.06. The number of benzene rings is 2. The number of hydrogen-bond donors (Lipinski definition) is 1. The number of carbonyl (C=O) groups is 2. The molecule has 2 aromatic rings. The minimum absolute atomic E-state index is 0.133. The van der Waals surface area contributed by atoms with E-state index in [0.29, 0.717) is 23.1 Å². The predicted octanol–water partition coefficient (Wildman–Crippen LogP) is 3.73. The predicted molar refractivity (Wildman–Crippen MR) is 138 cm³/mol. The Hall–Kier alpha value is -2.39. The van der Waals surface area contributed by atoms with Crippen LogP contribution in [0.15, 0.2) is 59.1 Å². The summed E-state index contributed by atoms with van der Waals surface area (Å²) in [5.41, 5.74) is 1.42. The van der Waals surface area contributed by atoms with Crippen LogP contribution in [0, 0.1) is 0 Å². The maximum absolute atomic E-state index is 13.5. The van der Waals surface area contributed by atoms with Gasteiger partial charge in [-0.2, -0.15) is 0 Å². The Bertz CT molecular complexity index is 1090. The van der Waals surface area contributed by atoms with Gasteiger partial charge in [-0.05, 0) is 59.8 Å². The Morgan fingerprint density at radius 1 is 1.06 bits per heavy atom. The highest BCUT2D eigenvalue weighted by Gasteiger charge is 2.31. The van der Waals surface area contributed by atoms with Crippen LogP contribution in [0.3, 0.4) is 0 Å². The summed E-state index contributed by atoms with van der Waals surface area (Å²) >= 11 is 3.38. The molecule has 1 atom stereocenters. The van der Waals surface area contributed by atoms with Gasteiger partial charge in [-0.3, -0.25) is 13.9 Å². The highest BCUT2D eigenvalue weighted by molar-refractivity contribution is 9.10. The molecule has 0 aliphatic heterocycles. The molecule has 7 nitrogen and oxygen atoms in total. The minimum atomic E-state index is -3.75. The van der Waals surface area contributed by atoms with E-state index < -0.39 is 28.5 Å². The molecule has 0 radical (unpaired) electrons. The summed E-state index contributed by atoms with van der Waals surface area (Å²) in [6.45, 7) is 1.61. The lowest BCUT2D eigenvalue weighted by molar-refractivity contribution is -0.139. The second-order valence-electron chi connectivity index (χ2n) is 8.71. The van der Waals surface area contributed by atoms with Crippen LogP contribution in [-0.2, 0) is 26.0 Å². The number of nitrogens with one attached hydrogen (secondary N) is 1. The lowest BCUT2D eigenvalue weighted by Crippen LogP contribution is -2.53. The Morgan fingerprint density at radius 3 is 2.29 bits per heavy atom. The second-order valence-corrected chi connectivity index (χ2v) is 11.5. The van der Waals surface area contributed by atoms with Gasteiger partial charge in [0.15, 0.2) is 0 Å². The zero-order valence-corrected chi connectivity index (χ0v) is 22.0. The number of anilines is 1. The average molecular weight is 551 g/mol. The van der Waals surface area contributed by atoms with Crippen molar-refractivity contribution >= 4 is 43.5 Å². The Balaban J connectivity index is 1.82. The quantitative estimate of drug-likeness (QED) is 0.489. The molecular weight excluding hydrogens is 518 g/mol. The first kappa shape index (κ1) is 26.2. The molecule has 1 saturated carbocycles. The largest absolute Gasteiger partial charge is 0.352 e. The first-order valence-electron chi connectivity index (χ1n) is 11.5. The fraction of sp³-hybridized carbons (Fsp3) is 0.440. The third-order valence-corrected chi connectivity index (χ3v) is 7.95. The third kappa shape index (κ3) is 7.06. The molecule has 9 heteroatoms. The van der Waals surface area contributed by atoms with Crippen LogP contribution < -0.4 is 9.62 Å². The number of amides is 2. The van der Waals surface area contributed by atoms with Gasteiger partial charge in [-0.15, -0.1) is 0 Å². The number of para-hydroxylation sites is 1. The number of sulfonamides is 1. The van der Waals surface area contributed by atoms with Gasteiger partial charge in [0.2, 0.25) is 21.8 Å². The molecule has 184 valence electrons. The summed E-state index contributed by atoms with van der Waals surface area (Å²) in [5.74, 6) is -0.633. The van der Waals surface area contributed by atoms with E-state index in [0.717, 1.165) is 41.8 Å². The molecule has 0 saturated heterocycles. The molecule has 0 spiro atoms. The van der Waals surface area contributed by atoms with Gasteiger partial charge < -0.3 is 10.2 Å². The van der Waals surface area contributed by atoms with Crippen molar-refractivity contribution in [1.29, 1.82) is 0 Å². The van der Waals surface area contributed by atoms with Crippen LogP contribution in [0.25, 0.3) is 0 Å². The summed E-state index contributed by atoms with van der Waals surface area (Å²) in [7, 11) is -3.75. The Labute approximate surface area is 210 Å². The summed E-state index contributed by atoms with van der Waals surface area (Å²) in [6.07, 6.45) is 5.70. The van der Waals surface area contributed by atoms with E-state index in [1.807, 2.05) is 30.3 Å². The standard InChI is InChI=1S/C25H32BrN3O4S/c1-19(25(31)27-21-12-6-7-13-21)28(17-16-20-10-4-3-5-11-20)24(30)18-29(34(2,32)33)23-15-9-8-14-22(23)26/h3-5,8-11,14-15,19,21H,6-7,12-13,16-18H2,1-2H3,(H,27,31)/t19-/m0/s1. The summed E-state index contributed by atoms with van der Waals surface area (Å²) in [4.78, 5) is 28.0. The molecule has 3 rings (SSSR count). The van der Waals surface area contributed by atoms with Crippen molar-refractivity contribution in [2.75, 3.05) is 23.7 Å². The number of carbonyl (C=O) groups excluding carboxylic acids is 2. The van der Waals surface area contributed by atoms with E-state index in [-0.39, 0.29) is 11.9 Å². The lowest BCUT2D eigenvalue weighted by Gasteiger charge is -2.32. The first-order valence-corrected chi connectivity index (χ1v) is 14.2. The van der Waals surface area contributed by atoms with Gasteiger partial charge in [0.25, 0.3) is 0 Å². The summed E-state index contributed by atoms with van der Waals surface area (Å²) in [6, 6.07) is 16.0. The highest BCUT2D eigenvalue weighted by atomic mass is 79.9. The van der Waals surface area contributed by atoms with Crippen LogP contribution in [0.2, 0.25) is 0 Å². The van der Waals surface area contributed by atoms with E-state index in [4.69, 9.17) is 0 Å². The molecule has 0 heterocycles. The van der Waals surface area contributed by atoms with E-state index in [1.54, 1.807) is 31.2 Å². The number of nitrogens with zero attached hydrogens (tertiary/aromatic N) is 2. The van der Waals surface area contributed by atoms with Gasteiger partial charge in [-0.25, -0.2) is 8.42 Å². The molecule has 1 aliphatic rings. The maximum Gasteiger partial charge on any atom is 0.244 e. The Morgan fingerprint density at radius 2 is 1.68 bits per heavy atom.